The maximum atomic E-state index is 9.00. The molecule has 0 aliphatic rings. The molecule has 3 heteroatoms. The van der Waals surface area contributed by atoms with Gasteiger partial charge in [-0.15, -0.1) is 0 Å². The van der Waals surface area contributed by atoms with Crippen molar-refractivity contribution >= 4 is 0 Å². The standard InChI is InChI=1S/C16H18O3/c1-3-12-6-9-15(16(10-12)18-2)19-14-7-4-13(11-17)5-8-14/h4-10,17H,3,11H2,1-2H3. The molecule has 0 bridgehead atoms. The van der Waals surface area contributed by atoms with Crippen molar-refractivity contribution < 1.29 is 14.6 Å². The van der Waals surface area contributed by atoms with Crippen LogP contribution in [-0.2, 0) is 13.0 Å². The monoisotopic (exact) mass is 258 g/mol. The lowest BCUT2D eigenvalue weighted by Gasteiger charge is -2.11. The summed E-state index contributed by atoms with van der Waals surface area (Å²) in [6, 6.07) is 13.3. The van der Waals surface area contributed by atoms with Gasteiger partial charge in [0.05, 0.1) is 13.7 Å². The van der Waals surface area contributed by atoms with Crippen molar-refractivity contribution in [3.8, 4) is 17.2 Å². The molecule has 0 heterocycles. The Hall–Kier alpha value is -2.00. The van der Waals surface area contributed by atoms with E-state index < -0.39 is 0 Å². The number of rotatable bonds is 5. The van der Waals surface area contributed by atoms with Crippen molar-refractivity contribution in [2.45, 2.75) is 20.0 Å². The predicted molar refractivity (Wildman–Crippen MR) is 74.8 cm³/mol. The summed E-state index contributed by atoms with van der Waals surface area (Å²) < 4.78 is 11.1. The predicted octanol–water partition coefficient (Wildman–Crippen LogP) is 3.54. The number of methoxy groups -OCH3 is 1. The second kappa shape index (κ2) is 6.25. The van der Waals surface area contributed by atoms with Crippen LogP contribution in [0, 0.1) is 0 Å². The Balaban J connectivity index is 2.21. The lowest BCUT2D eigenvalue weighted by Crippen LogP contribution is -1.92. The van der Waals surface area contributed by atoms with Gasteiger partial charge in [0.25, 0.3) is 0 Å². The minimum Gasteiger partial charge on any atom is -0.493 e. The largest absolute Gasteiger partial charge is 0.493 e. The summed E-state index contributed by atoms with van der Waals surface area (Å²) in [4.78, 5) is 0. The fourth-order valence-electron chi connectivity index (χ4n) is 1.81. The molecule has 3 nitrogen and oxygen atoms in total. The summed E-state index contributed by atoms with van der Waals surface area (Å²) in [5.74, 6) is 2.14. The van der Waals surface area contributed by atoms with Crippen LogP contribution in [0.2, 0.25) is 0 Å². The summed E-state index contributed by atoms with van der Waals surface area (Å²) in [5.41, 5.74) is 2.07. The molecule has 0 aliphatic carbocycles. The number of benzene rings is 2. The third kappa shape index (κ3) is 3.26. The first-order valence-electron chi connectivity index (χ1n) is 6.31. The number of aliphatic hydroxyl groups is 1. The van der Waals surface area contributed by atoms with E-state index in [1.165, 1.54) is 5.56 Å². The summed E-state index contributed by atoms with van der Waals surface area (Å²) in [6.45, 7) is 2.14. The second-order valence-electron chi connectivity index (χ2n) is 4.24. The van der Waals surface area contributed by atoms with Crippen LogP contribution < -0.4 is 9.47 Å². The van der Waals surface area contributed by atoms with Crippen molar-refractivity contribution in [2.24, 2.45) is 0 Å². The van der Waals surface area contributed by atoms with E-state index in [2.05, 4.69) is 6.92 Å². The minimum absolute atomic E-state index is 0.0365. The molecule has 0 saturated carbocycles. The molecule has 0 amide bonds. The van der Waals surface area contributed by atoms with E-state index in [0.717, 1.165) is 23.5 Å². The van der Waals surface area contributed by atoms with Gasteiger partial charge in [-0.1, -0.05) is 25.1 Å². The molecule has 100 valence electrons. The highest BCUT2D eigenvalue weighted by molar-refractivity contribution is 5.45. The number of aliphatic hydroxyl groups excluding tert-OH is 1. The molecule has 0 atom stereocenters. The molecular weight excluding hydrogens is 240 g/mol. The van der Waals surface area contributed by atoms with Gasteiger partial charge in [-0.3, -0.25) is 0 Å². The van der Waals surface area contributed by atoms with Crippen LogP contribution in [0.15, 0.2) is 42.5 Å². The Kier molecular flexibility index (Phi) is 4.42. The van der Waals surface area contributed by atoms with E-state index in [1.54, 1.807) is 7.11 Å². The van der Waals surface area contributed by atoms with E-state index in [1.807, 2.05) is 42.5 Å². The fourth-order valence-corrected chi connectivity index (χ4v) is 1.81. The Morgan fingerprint density at radius 1 is 0.947 bits per heavy atom. The van der Waals surface area contributed by atoms with Crippen molar-refractivity contribution in [1.29, 1.82) is 0 Å². The van der Waals surface area contributed by atoms with Crippen molar-refractivity contribution in [1.82, 2.24) is 0 Å². The molecule has 2 aromatic carbocycles. The number of aryl methyl sites for hydroxylation is 1. The van der Waals surface area contributed by atoms with Crippen LogP contribution in [0.25, 0.3) is 0 Å². The molecule has 0 aliphatic heterocycles. The lowest BCUT2D eigenvalue weighted by molar-refractivity contribution is 0.281. The quantitative estimate of drug-likeness (QED) is 0.891. The molecule has 0 fully saturated rings. The van der Waals surface area contributed by atoms with Gasteiger partial charge in [0, 0.05) is 0 Å². The first-order valence-corrected chi connectivity index (χ1v) is 6.31. The highest BCUT2D eigenvalue weighted by Gasteiger charge is 2.06. The highest BCUT2D eigenvalue weighted by Crippen LogP contribution is 2.32. The molecule has 19 heavy (non-hydrogen) atoms. The van der Waals surface area contributed by atoms with Crippen molar-refractivity contribution in [3.63, 3.8) is 0 Å². The van der Waals surface area contributed by atoms with Gasteiger partial charge in [0.2, 0.25) is 0 Å². The lowest BCUT2D eigenvalue weighted by atomic mass is 10.1. The average Bonchev–Trinajstić information content (AvgIpc) is 2.48. The Labute approximate surface area is 113 Å². The zero-order valence-corrected chi connectivity index (χ0v) is 11.2. The number of ether oxygens (including phenoxy) is 2. The highest BCUT2D eigenvalue weighted by atomic mass is 16.5. The molecule has 0 unspecified atom stereocenters. The third-order valence-corrected chi connectivity index (χ3v) is 2.97. The molecule has 0 aromatic heterocycles. The molecule has 0 spiro atoms. The minimum atomic E-state index is 0.0365. The summed E-state index contributed by atoms with van der Waals surface area (Å²) >= 11 is 0. The molecular formula is C16H18O3. The first kappa shape index (κ1) is 13.4. The molecule has 0 radical (unpaired) electrons. The van der Waals surface area contributed by atoms with Crippen LogP contribution in [0.5, 0.6) is 17.2 Å². The maximum Gasteiger partial charge on any atom is 0.169 e. The molecule has 2 rings (SSSR count). The SMILES string of the molecule is CCc1ccc(Oc2ccc(CO)cc2)c(OC)c1. The molecule has 1 N–H and O–H groups in total. The van der Waals surface area contributed by atoms with Gasteiger partial charge in [-0.05, 0) is 41.8 Å². The Morgan fingerprint density at radius 3 is 2.21 bits per heavy atom. The van der Waals surface area contributed by atoms with Gasteiger partial charge in [-0.2, -0.15) is 0 Å². The number of hydrogen-bond donors (Lipinski definition) is 1. The van der Waals surface area contributed by atoms with Crippen LogP contribution >= 0.6 is 0 Å². The van der Waals surface area contributed by atoms with Gasteiger partial charge in [-0.25, -0.2) is 0 Å². The van der Waals surface area contributed by atoms with Gasteiger partial charge in [0.15, 0.2) is 11.5 Å². The zero-order valence-electron chi connectivity index (χ0n) is 11.2. The van der Waals surface area contributed by atoms with Crippen LogP contribution in [-0.4, -0.2) is 12.2 Å². The van der Waals surface area contributed by atoms with Gasteiger partial charge < -0.3 is 14.6 Å². The van der Waals surface area contributed by atoms with E-state index in [-0.39, 0.29) is 6.61 Å². The fraction of sp³-hybridized carbons (Fsp3) is 0.250. The Bertz CT molecular complexity index is 532. The van der Waals surface area contributed by atoms with Gasteiger partial charge >= 0.3 is 0 Å². The van der Waals surface area contributed by atoms with Crippen LogP contribution in [0.1, 0.15) is 18.1 Å². The maximum absolute atomic E-state index is 9.00. The summed E-state index contributed by atoms with van der Waals surface area (Å²) in [5, 5.41) is 9.00. The number of hydrogen-bond acceptors (Lipinski definition) is 3. The third-order valence-electron chi connectivity index (χ3n) is 2.97. The zero-order chi connectivity index (χ0) is 13.7. The van der Waals surface area contributed by atoms with Crippen molar-refractivity contribution in [2.75, 3.05) is 7.11 Å². The normalized spacial score (nSPS) is 10.3. The Morgan fingerprint density at radius 2 is 1.63 bits per heavy atom. The van der Waals surface area contributed by atoms with E-state index in [4.69, 9.17) is 14.6 Å². The summed E-state index contributed by atoms with van der Waals surface area (Å²) in [6.07, 6.45) is 0.960. The molecule has 2 aromatic rings. The van der Waals surface area contributed by atoms with Gasteiger partial charge in [0.1, 0.15) is 5.75 Å². The van der Waals surface area contributed by atoms with E-state index >= 15 is 0 Å². The van der Waals surface area contributed by atoms with E-state index in [9.17, 15) is 0 Å². The van der Waals surface area contributed by atoms with Crippen LogP contribution in [0.4, 0.5) is 0 Å². The molecule has 0 saturated heterocycles. The average molecular weight is 258 g/mol. The first-order chi connectivity index (χ1) is 9.26. The topological polar surface area (TPSA) is 38.7 Å². The van der Waals surface area contributed by atoms with Crippen LogP contribution in [0.3, 0.4) is 0 Å². The van der Waals surface area contributed by atoms with E-state index in [0.29, 0.717) is 5.75 Å². The smallest absolute Gasteiger partial charge is 0.169 e. The summed E-state index contributed by atoms with van der Waals surface area (Å²) in [7, 11) is 1.64. The van der Waals surface area contributed by atoms with Crippen molar-refractivity contribution in [3.05, 3.63) is 53.6 Å². The second-order valence-corrected chi connectivity index (χ2v) is 4.24.